The van der Waals surface area contributed by atoms with E-state index in [4.69, 9.17) is 11.6 Å². The average Bonchev–Trinajstić information content (AvgIpc) is 2.42. The van der Waals surface area contributed by atoms with E-state index in [2.05, 4.69) is 28.3 Å². The maximum absolute atomic E-state index is 5.83. The number of hydrogen-bond donors (Lipinski definition) is 0. The normalized spacial score (nSPS) is 17.8. The summed E-state index contributed by atoms with van der Waals surface area (Å²) in [6, 6.07) is 0.587. The molecule has 0 radical (unpaired) electrons. The summed E-state index contributed by atoms with van der Waals surface area (Å²) in [5, 5.41) is 0.612. The lowest BCUT2D eigenvalue weighted by atomic mass is 10.2. The molecule has 1 aromatic rings. The molecule has 0 fully saturated rings. The van der Waals surface area contributed by atoms with Gasteiger partial charge in [-0.3, -0.25) is 4.90 Å². The van der Waals surface area contributed by atoms with Crippen molar-refractivity contribution in [2.75, 3.05) is 6.54 Å². The molecule has 72 valence electrons. The molecular formula is C9H14ClN3. The number of fused-ring (bicyclic) bond motifs is 1. The second-order valence-electron chi connectivity index (χ2n) is 3.74. The lowest BCUT2D eigenvalue weighted by Crippen LogP contribution is -2.38. The Labute approximate surface area is 83.3 Å². The largest absolute Gasteiger partial charge is 0.331 e. The zero-order valence-corrected chi connectivity index (χ0v) is 8.75. The molecule has 0 saturated carbocycles. The smallest absolute Gasteiger partial charge is 0.147 e. The van der Waals surface area contributed by atoms with Crippen LogP contribution in [0.25, 0.3) is 0 Å². The van der Waals surface area contributed by atoms with Gasteiger partial charge in [-0.15, -0.1) is 0 Å². The van der Waals surface area contributed by atoms with Gasteiger partial charge in [-0.1, -0.05) is 11.6 Å². The molecule has 1 aliphatic heterocycles. The van der Waals surface area contributed by atoms with E-state index in [1.807, 2.05) is 6.20 Å². The van der Waals surface area contributed by atoms with E-state index in [-0.39, 0.29) is 0 Å². The minimum atomic E-state index is 0.587. The van der Waals surface area contributed by atoms with Gasteiger partial charge in [0.25, 0.3) is 0 Å². The molecule has 0 unspecified atom stereocenters. The van der Waals surface area contributed by atoms with Crippen molar-refractivity contribution in [1.29, 1.82) is 0 Å². The molecule has 0 N–H and O–H groups in total. The van der Waals surface area contributed by atoms with Crippen LogP contribution < -0.4 is 0 Å². The Morgan fingerprint density at radius 2 is 2.23 bits per heavy atom. The molecule has 2 heterocycles. The van der Waals surface area contributed by atoms with Gasteiger partial charge in [0.05, 0.1) is 6.54 Å². The van der Waals surface area contributed by atoms with Crippen molar-refractivity contribution in [2.45, 2.75) is 33.0 Å². The van der Waals surface area contributed by atoms with Crippen molar-refractivity contribution in [3.8, 4) is 0 Å². The zero-order chi connectivity index (χ0) is 9.42. The predicted molar refractivity (Wildman–Crippen MR) is 52.8 cm³/mol. The molecule has 0 aliphatic carbocycles. The Balaban J connectivity index is 2.19. The third kappa shape index (κ3) is 1.71. The van der Waals surface area contributed by atoms with Gasteiger partial charge < -0.3 is 4.57 Å². The van der Waals surface area contributed by atoms with Crippen LogP contribution >= 0.6 is 11.6 Å². The summed E-state index contributed by atoms with van der Waals surface area (Å²) in [7, 11) is 0. The van der Waals surface area contributed by atoms with Crippen molar-refractivity contribution >= 4 is 11.6 Å². The molecule has 0 aromatic carbocycles. The van der Waals surface area contributed by atoms with Crippen LogP contribution in [-0.4, -0.2) is 27.0 Å². The summed E-state index contributed by atoms with van der Waals surface area (Å²) < 4.78 is 2.14. The molecule has 2 rings (SSSR count). The van der Waals surface area contributed by atoms with Gasteiger partial charge in [-0.05, 0) is 13.8 Å². The lowest BCUT2D eigenvalue weighted by Gasteiger charge is -2.30. The van der Waals surface area contributed by atoms with Crippen molar-refractivity contribution < 1.29 is 0 Å². The summed E-state index contributed by atoms with van der Waals surface area (Å²) in [6.07, 6.45) is 1.91. The Bertz CT molecular complexity index is 306. The molecule has 0 amide bonds. The number of aromatic nitrogens is 2. The number of nitrogens with zero attached hydrogens (tertiary/aromatic N) is 3. The Kier molecular flexibility index (Phi) is 2.30. The van der Waals surface area contributed by atoms with Crippen molar-refractivity contribution in [3.05, 3.63) is 17.2 Å². The maximum atomic E-state index is 5.83. The van der Waals surface area contributed by atoms with Gasteiger partial charge in [-0.25, -0.2) is 4.98 Å². The maximum Gasteiger partial charge on any atom is 0.147 e. The quantitative estimate of drug-likeness (QED) is 0.688. The van der Waals surface area contributed by atoms with Crippen LogP contribution in [0.1, 0.15) is 19.7 Å². The topological polar surface area (TPSA) is 21.1 Å². The van der Waals surface area contributed by atoms with Crippen LogP contribution in [0.15, 0.2) is 6.20 Å². The van der Waals surface area contributed by atoms with E-state index in [0.29, 0.717) is 11.2 Å². The second-order valence-corrected chi connectivity index (χ2v) is 4.12. The number of hydrogen-bond acceptors (Lipinski definition) is 2. The number of rotatable bonds is 1. The summed E-state index contributed by atoms with van der Waals surface area (Å²) >= 11 is 5.83. The highest BCUT2D eigenvalue weighted by Gasteiger charge is 2.19. The zero-order valence-electron chi connectivity index (χ0n) is 8.00. The second kappa shape index (κ2) is 3.31. The third-order valence-electron chi connectivity index (χ3n) is 2.53. The van der Waals surface area contributed by atoms with Gasteiger partial charge in [0.1, 0.15) is 11.0 Å². The Morgan fingerprint density at radius 1 is 1.46 bits per heavy atom. The first-order valence-corrected chi connectivity index (χ1v) is 5.00. The van der Waals surface area contributed by atoms with Gasteiger partial charge >= 0.3 is 0 Å². The third-order valence-corrected chi connectivity index (χ3v) is 2.71. The molecule has 0 bridgehead atoms. The fourth-order valence-electron chi connectivity index (χ4n) is 1.68. The summed E-state index contributed by atoms with van der Waals surface area (Å²) in [5.74, 6) is 1.09. The first-order valence-electron chi connectivity index (χ1n) is 4.62. The molecule has 0 atom stereocenters. The predicted octanol–water partition coefficient (Wildman–Crippen LogP) is 1.76. The van der Waals surface area contributed by atoms with E-state index in [1.165, 1.54) is 0 Å². The van der Waals surface area contributed by atoms with Crippen LogP contribution in [-0.2, 0) is 13.1 Å². The van der Waals surface area contributed by atoms with E-state index in [1.54, 1.807) is 0 Å². The van der Waals surface area contributed by atoms with Gasteiger partial charge in [0, 0.05) is 25.3 Å². The van der Waals surface area contributed by atoms with Crippen LogP contribution in [0.5, 0.6) is 0 Å². The summed E-state index contributed by atoms with van der Waals surface area (Å²) in [4.78, 5) is 6.67. The van der Waals surface area contributed by atoms with Crippen LogP contribution in [0.4, 0.5) is 0 Å². The lowest BCUT2D eigenvalue weighted by molar-refractivity contribution is 0.173. The molecular weight excluding hydrogens is 186 g/mol. The van der Waals surface area contributed by atoms with E-state index in [0.717, 1.165) is 25.5 Å². The Hall–Kier alpha value is -0.540. The SMILES string of the molecule is CC(C)N1CCn2cc(Cl)nc2C1. The Morgan fingerprint density at radius 3 is 2.92 bits per heavy atom. The first kappa shape index (κ1) is 9.03. The van der Waals surface area contributed by atoms with Crippen LogP contribution in [0.3, 0.4) is 0 Å². The fraction of sp³-hybridized carbons (Fsp3) is 0.667. The number of halogens is 1. The van der Waals surface area contributed by atoms with Crippen LogP contribution in [0, 0.1) is 0 Å². The molecule has 0 saturated heterocycles. The van der Waals surface area contributed by atoms with Gasteiger partial charge in [0.2, 0.25) is 0 Å². The van der Waals surface area contributed by atoms with Crippen molar-refractivity contribution in [1.82, 2.24) is 14.5 Å². The summed E-state index contributed by atoms with van der Waals surface area (Å²) in [5.41, 5.74) is 0. The summed E-state index contributed by atoms with van der Waals surface area (Å²) in [6.45, 7) is 7.44. The standard InChI is InChI=1S/C9H14ClN3/c1-7(2)12-3-4-13-5-8(10)11-9(13)6-12/h5,7H,3-4,6H2,1-2H3. The molecule has 3 nitrogen and oxygen atoms in total. The van der Waals surface area contributed by atoms with E-state index >= 15 is 0 Å². The minimum Gasteiger partial charge on any atom is -0.331 e. The number of imidazole rings is 1. The van der Waals surface area contributed by atoms with Gasteiger partial charge in [0.15, 0.2) is 0 Å². The monoisotopic (exact) mass is 199 g/mol. The highest BCUT2D eigenvalue weighted by molar-refractivity contribution is 6.29. The first-order chi connectivity index (χ1) is 6.16. The van der Waals surface area contributed by atoms with Crippen molar-refractivity contribution in [2.24, 2.45) is 0 Å². The van der Waals surface area contributed by atoms with Gasteiger partial charge in [-0.2, -0.15) is 0 Å². The molecule has 13 heavy (non-hydrogen) atoms. The van der Waals surface area contributed by atoms with Crippen LogP contribution in [0.2, 0.25) is 5.15 Å². The average molecular weight is 200 g/mol. The fourth-order valence-corrected chi connectivity index (χ4v) is 1.89. The molecule has 1 aromatic heterocycles. The van der Waals surface area contributed by atoms with E-state index in [9.17, 15) is 0 Å². The van der Waals surface area contributed by atoms with E-state index < -0.39 is 0 Å². The molecule has 1 aliphatic rings. The molecule has 4 heteroatoms. The highest BCUT2D eigenvalue weighted by atomic mass is 35.5. The highest BCUT2D eigenvalue weighted by Crippen LogP contribution is 2.16. The minimum absolute atomic E-state index is 0.587. The molecule has 0 spiro atoms. The van der Waals surface area contributed by atoms with Crippen molar-refractivity contribution in [3.63, 3.8) is 0 Å².